The summed E-state index contributed by atoms with van der Waals surface area (Å²) in [5.41, 5.74) is 3.92. The second-order valence-corrected chi connectivity index (χ2v) is 9.59. The summed E-state index contributed by atoms with van der Waals surface area (Å²) in [6, 6.07) is 8.73. The molecule has 2 aliphatic heterocycles. The molecule has 5 aromatic rings. The lowest BCUT2D eigenvalue weighted by atomic mass is 9.92. The predicted octanol–water partition coefficient (Wildman–Crippen LogP) is 4.24. The minimum Gasteiger partial charge on any atom is -0.346 e. The van der Waals surface area contributed by atoms with E-state index < -0.39 is 5.82 Å². The Morgan fingerprint density at radius 2 is 2.08 bits per heavy atom. The van der Waals surface area contributed by atoms with E-state index in [2.05, 4.69) is 30.7 Å². The topological polar surface area (TPSA) is 121 Å². The molecule has 0 spiro atoms. The average molecular weight is 516 g/mol. The van der Waals surface area contributed by atoms with Gasteiger partial charge in [0.05, 0.1) is 34.2 Å². The van der Waals surface area contributed by atoms with Gasteiger partial charge in [-0.25, -0.2) is 9.37 Å². The molecule has 2 aliphatic rings. The van der Waals surface area contributed by atoms with Gasteiger partial charge in [-0.15, -0.1) is 5.10 Å². The third kappa shape index (κ3) is 3.45. The fourth-order valence-corrected chi connectivity index (χ4v) is 5.70. The van der Waals surface area contributed by atoms with Crippen molar-refractivity contribution in [3.63, 3.8) is 0 Å². The maximum atomic E-state index is 15.3. The van der Waals surface area contributed by atoms with Gasteiger partial charge in [0, 0.05) is 34.8 Å². The number of imidazole rings is 1. The number of nitrogens with one attached hydrogen (secondary N) is 2. The molecular weight excluding hydrogens is 497 g/mol. The molecule has 3 aromatic heterocycles. The number of benzene rings is 2. The van der Waals surface area contributed by atoms with E-state index in [1.807, 2.05) is 29.3 Å². The van der Waals surface area contributed by atoms with Crippen LogP contribution in [0.5, 0.6) is 0 Å². The number of carbonyl (C=O) groups excluding carboxylic acids is 1. The minimum absolute atomic E-state index is 0.0253. The lowest BCUT2D eigenvalue weighted by Gasteiger charge is -2.33. The zero-order chi connectivity index (χ0) is 25.1. The second-order valence-electron chi connectivity index (χ2n) is 9.18. The summed E-state index contributed by atoms with van der Waals surface area (Å²) in [6.45, 7) is 0. The first-order valence-corrected chi connectivity index (χ1v) is 12.2. The Balaban J connectivity index is 1.23. The molecule has 0 saturated carbocycles. The van der Waals surface area contributed by atoms with Crippen molar-refractivity contribution in [2.24, 2.45) is 0 Å². The number of aromatic amines is 2. The largest absolute Gasteiger partial charge is 0.346 e. The van der Waals surface area contributed by atoms with Crippen LogP contribution in [0, 0.1) is 5.82 Å². The number of tetrazole rings is 1. The third-order valence-electron chi connectivity index (χ3n) is 7.17. The van der Waals surface area contributed by atoms with Crippen molar-refractivity contribution in [2.75, 3.05) is 0 Å². The number of carbonyl (C=O) groups is 1. The Bertz CT molecular complexity index is 1690. The summed E-state index contributed by atoms with van der Waals surface area (Å²) in [7, 11) is 0. The van der Waals surface area contributed by atoms with Gasteiger partial charge < -0.3 is 9.88 Å². The van der Waals surface area contributed by atoms with Crippen LogP contribution >= 0.6 is 11.6 Å². The Morgan fingerprint density at radius 3 is 2.95 bits per heavy atom. The first-order valence-electron chi connectivity index (χ1n) is 11.8. The van der Waals surface area contributed by atoms with Crippen LogP contribution in [0.3, 0.4) is 0 Å². The molecule has 5 heterocycles. The Kier molecular flexibility index (Phi) is 4.93. The van der Waals surface area contributed by atoms with Gasteiger partial charge in [-0.2, -0.15) is 9.78 Å². The van der Waals surface area contributed by atoms with Gasteiger partial charge in [-0.3, -0.25) is 9.89 Å². The first-order chi connectivity index (χ1) is 18.1. The van der Waals surface area contributed by atoms with Gasteiger partial charge in [-0.1, -0.05) is 23.7 Å². The highest BCUT2D eigenvalue weighted by Gasteiger charge is 2.42. The maximum Gasteiger partial charge on any atom is 0.247 e. The van der Waals surface area contributed by atoms with Gasteiger partial charge in [0.1, 0.15) is 12.2 Å². The SMILES string of the molecule is O=C1C=C(c2c(-n3cnnn3)ccc(Cl)c2F)C[C@H]2CC[C@@H](c3nc(-c4cccc5[nH]ncc45)c[nH]3)N12. The highest BCUT2D eigenvalue weighted by molar-refractivity contribution is 6.31. The molecule has 0 unspecified atom stereocenters. The van der Waals surface area contributed by atoms with Crippen molar-refractivity contribution in [3.8, 4) is 16.9 Å². The summed E-state index contributed by atoms with van der Waals surface area (Å²) < 4.78 is 16.7. The zero-order valence-corrected chi connectivity index (χ0v) is 20.0. The number of halogens is 2. The molecule has 1 saturated heterocycles. The van der Waals surface area contributed by atoms with E-state index in [0.29, 0.717) is 17.7 Å². The number of hydrogen-bond donors (Lipinski definition) is 2. The molecule has 1 fully saturated rings. The molecule has 2 aromatic carbocycles. The number of H-pyrrole nitrogens is 2. The fourth-order valence-electron chi connectivity index (χ4n) is 5.54. The van der Waals surface area contributed by atoms with Crippen LogP contribution in [0.25, 0.3) is 33.4 Å². The lowest BCUT2D eigenvalue weighted by Crippen LogP contribution is -2.39. The summed E-state index contributed by atoms with van der Waals surface area (Å²) in [6.07, 6.45) is 8.52. The quantitative estimate of drug-likeness (QED) is 0.369. The molecule has 184 valence electrons. The minimum atomic E-state index is -0.596. The zero-order valence-electron chi connectivity index (χ0n) is 19.3. The Morgan fingerprint density at radius 1 is 1.16 bits per heavy atom. The smallest absolute Gasteiger partial charge is 0.247 e. The summed E-state index contributed by atoms with van der Waals surface area (Å²) >= 11 is 6.12. The van der Waals surface area contributed by atoms with Crippen molar-refractivity contribution in [1.82, 2.24) is 45.3 Å². The number of nitrogens with zero attached hydrogens (tertiary/aromatic N) is 7. The molecular formula is C25H19ClFN9O. The maximum absolute atomic E-state index is 15.3. The first kappa shape index (κ1) is 21.9. The Labute approximate surface area is 214 Å². The normalized spacial score (nSPS) is 19.5. The van der Waals surface area contributed by atoms with Gasteiger partial charge in [0.2, 0.25) is 5.91 Å². The number of hydrogen-bond acceptors (Lipinski definition) is 6. The van der Waals surface area contributed by atoms with Crippen LogP contribution in [0.2, 0.25) is 5.02 Å². The molecule has 0 aliphatic carbocycles. The van der Waals surface area contributed by atoms with E-state index in [4.69, 9.17) is 16.6 Å². The number of amides is 1. The van der Waals surface area contributed by atoms with Crippen LogP contribution in [0.4, 0.5) is 4.39 Å². The van der Waals surface area contributed by atoms with Crippen molar-refractivity contribution in [2.45, 2.75) is 31.3 Å². The number of fused-ring (bicyclic) bond motifs is 2. The van der Waals surface area contributed by atoms with E-state index in [1.54, 1.807) is 12.3 Å². The second kappa shape index (κ2) is 8.34. The van der Waals surface area contributed by atoms with E-state index in [1.165, 1.54) is 23.2 Å². The highest BCUT2D eigenvalue weighted by Crippen LogP contribution is 2.44. The van der Waals surface area contributed by atoms with Gasteiger partial charge in [0.25, 0.3) is 0 Å². The van der Waals surface area contributed by atoms with Crippen molar-refractivity contribution in [3.05, 3.63) is 77.4 Å². The van der Waals surface area contributed by atoms with Crippen molar-refractivity contribution >= 4 is 34.0 Å². The Hall–Kier alpha value is -4.38. The average Bonchev–Trinajstić information content (AvgIpc) is 3.71. The summed E-state index contributed by atoms with van der Waals surface area (Å²) in [5.74, 6) is -0.0574. The molecule has 12 heteroatoms. The van der Waals surface area contributed by atoms with Gasteiger partial charge in [0.15, 0.2) is 5.82 Å². The fraction of sp³-hybridized carbons (Fsp3) is 0.200. The molecule has 0 bridgehead atoms. The van der Waals surface area contributed by atoms with E-state index in [9.17, 15) is 4.79 Å². The highest BCUT2D eigenvalue weighted by atomic mass is 35.5. The van der Waals surface area contributed by atoms with Crippen molar-refractivity contribution < 1.29 is 9.18 Å². The molecule has 37 heavy (non-hydrogen) atoms. The summed E-state index contributed by atoms with van der Waals surface area (Å²) in [5, 5.41) is 19.3. The molecule has 0 radical (unpaired) electrons. The lowest BCUT2D eigenvalue weighted by molar-refractivity contribution is -0.129. The van der Waals surface area contributed by atoms with Crippen LogP contribution in [-0.4, -0.2) is 57.2 Å². The van der Waals surface area contributed by atoms with Gasteiger partial charge in [-0.05, 0) is 53.5 Å². The van der Waals surface area contributed by atoms with Crippen molar-refractivity contribution in [1.29, 1.82) is 0 Å². The molecule has 7 rings (SSSR count). The predicted molar refractivity (Wildman–Crippen MR) is 133 cm³/mol. The summed E-state index contributed by atoms with van der Waals surface area (Å²) in [4.78, 5) is 23.4. The molecule has 2 N–H and O–H groups in total. The van der Waals surface area contributed by atoms with Crippen LogP contribution in [0.15, 0.2) is 55.1 Å². The van der Waals surface area contributed by atoms with E-state index in [-0.39, 0.29) is 28.6 Å². The van der Waals surface area contributed by atoms with Crippen LogP contribution < -0.4 is 0 Å². The van der Waals surface area contributed by atoms with Crippen LogP contribution in [0.1, 0.15) is 36.7 Å². The molecule has 1 amide bonds. The standard InChI is InChI=1S/C25H19ClFN9O/c26-17-5-7-20(35-12-30-33-34-35)23(24(17)27)13-8-14-4-6-21(36(14)22(37)9-13)25-28-11-19(31-25)15-2-1-3-18-16(15)10-29-32-18/h1-3,5,7,9-12,14,21H,4,6,8H2,(H,28,31)(H,29,32)/t14-,21+/m1/s1. The molecule has 10 nitrogen and oxygen atoms in total. The van der Waals surface area contributed by atoms with Gasteiger partial charge >= 0.3 is 0 Å². The molecule has 2 atom stereocenters. The number of aromatic nitrogens is 8. The monoisotopic (exact) mass is 515 g/mol. The van der Waals surface area contributed by atoms with Crippen LogP contribution in [-0.2, 0) is 4.79 Å². The number of rotatable bonds is 4. The third-order valence-corrected chi connectivity index (χ3v) is 7.47. The van der Waals surface area contributed by atoms with E-state index in [0.717, 1.165) is 40.8 Å². The van der Waals surface area contributed by atoms with E-state index >= 15 is 4.39 Å².